The van der Waals surface area contributed by atoms with Gasteiger partial charge in [-0.3, -0.25) is 9.78 Å². The van der Waals surface area contributed by atoms with Crippen LogP contribution in [-0.4, -0.2) is 16.5 Å². The van der Waals surface area contributed by atoms with E-state index in [1.807, 2.05) is 32.9 Å². The standard InChI is InChI=1S/C14H18N4O2.C2H6/c1-8-2-4-10(20-8)5-3-9-6-11-12(16-7-9)17-14(15)18-13(11)19;1-2/h2,4,9H,3,5-7H2,1H3,(H4,15,16,17,18,19);1-2H3. The fourth-order valence-electron chi connectivity index (χ4n) is 2.62. The van der Waals surface area contributed by atoms with Crippen LogP contribution >= 0.6 is 0 Å². The summed E-state index contributed by atoms with van der Waals surface area (Å²) in [5.41, 5.74) is 6.10. The monoisotopic (exact) mass is 304 g/mol. The molecule has 0 bridgehead atoms. The van der Waals surface area contributed by atoms with Crippen LogP contribution in [0.5, 0.6) is 0 Å². The van der Waals surface area contributed by atoms with E-state index >= 15 is 0 Å². The lowest BCUT2D eigenvalue weighted by atomic mass is 9.92. The van der Waals surface area contributed by atoms with Gasteiger partial charge in [0.05, 0.1) is 5.56 Å². The van der Waals surface area contributed by atoms with Crippen molar-refractivity contribution in [1.82, 2.24) is 9.97 Å². The van der Waals surface area contributed by atoms with E-state index < -0.39 is 0 Å². The average Bonchev–Trinajstić information content (AvgIpc) is 2.93. The van der Waals surface area contributed by atoms with Gasteiger partial charge in [0.25, 0.3) is 5.56 Å². The highest BCUT2D eigenvalue weighted by Crippen LogP contribution is 2.23. The van der Waals surface area contributed by atoms with E-state index in [9.17, 15) is 4.79 Å². The molecule has 0 spiro atoms. The van der Waals surface area contributed by atoms with Gasteiger partial charge in [-0.2, -0.15) is 4.98 Å². The Labute approximate surface area is 130 Å². The van der Waals surface area contributed by atoms with E-state index in [1.165, 1.54) is 0 Å². The van der Waals surface area contributed by atoms with Gasteiger partial charge >= 0.3 is 0 Å². The summed E-state index contributed by atoms with van der Waals surface area (Å²) in [5, 5.41) is 3.19. The molecule has 0 saturated carbocycles. The predicted molar refractivity (Wildman–Crippen MR) is 88.1 cm³/mol. The molecule has 22 heavy (non-hydrogen) atoms. The number of anilines is 2. The maximum Gasteiger partial charge on any atom is 0.257 e. The van der Waals surface area contributed by atoms with E-state index in [0.29, 0.717) is 17.3 Å². The van der Waals surface area contributed by atoms with Crippen molar-refractivity contribution in [2.75, 3.05) is 17.6 Å². The Kier molecular flexibility index (Phi) is 5.25. The van der Waals surface area contributed by atoms with Gasteiger partial charge in [-0.15, -0.1) is 0 Å². The third-order valence-corrected chi connectivity index (χ3v) is 3.68. The topological polar surface area (TPSA) is 96.9 Å². The Bertz CT molecular complexity index is 675. The van der Waals surface area contributed by atoms with Crippen LogP contribution in [0, 0.1) is 12.8 Å². The Balaban J connectivity index is 0.000000847. The second kappa shape index (κ2) is 7.15. The molecule has 0 aliphatic carbocycles. The fourth-order valence-corrected chi connectivity index (χ4v) is 2.62. The summed E-state index contributed by atoms with van der Waals surface area (Å²) in [5.74, 6) is 3.11. The van der Waals surface area contributed by atoms with Crippen molar-refractivity contribution in [2.24, 2.45) is 5.92 Å². The van der Waals surface area contributed by atoms with Gasteiger partial charge in [0.2, 0.25) is 5.95 Å². The van der Waals surface area contributed by atoms with Crippen molar-refractivity contribution < 1.29 is 4.42 Å². The molecule has 0 aromatic carbocycles. The van der Waals surface area contributed by atoms with Gasteiger partial charge in [-0.1, -0.05) is 13.8 Å². The smallest absolute Gasteiger partial charge is 0.257 e. The number of hydrogen-bond acceptors (Lipinski definition) is 5. The zero-order valence-corrected chi connectivity index (χ0v) is 13.4. The molecule has 6 nitrogen and oxygen atoms in total. The Morgan fingerprint density at radius 3 is 2.86 bits per heavy atom. The summed E-state index contributed by atoms with van der Waals surface area (Å²) in [4.78, 5) is 18.5. The molecule has 3 rings (SSSR count). The molecule has 6 heteroatoms. The molecule has 1 unspecified atom stereocenters. The van der Waals surface area contributed by atoms with Crippen LogP contribution in [0.4, 0.5) is 11.8 Å². The van der Waals surface area contributed by atoms with Crippen molar-refractivity contribution in [3.8, 4) is 0 Å². The Morgan fingerprint density at radius 2 is 2.18 bits per heavy atom. The van der Waals surface area contributed by atoms with Crippen LogP contribution in [0.1, 0.15) is 37.4 Å². The van der Waals surface area contributed by atoms with E-state index in [2.05, 4.69) is 15.3 Å². The van der Waals surface area contributed by atoms with Crippen LogP contribution in [0.25, 0.3) is 0 Å². The normalized spacial score (nSPS) is 16.2. The third-order valence-electron chi connectivity index (χ3n) is 3.68. The van der Waals surface area contributed by atoms with E-state index in [-0.39, 0.29) is 11.5 Å². The van der Waals surface area contributed by atoms with E-state index in [0.717, 1.165) is 37.3 Å². The molecule has 2 aromatic heterocycles. The Hall–Kier alpha value is -2.24. The number of fused-ring (bicyclic) bond motifs is 1. The first-order valence-corrected chi connectivity index (χ1v) is 7.79. The maximum absolute atomic E-state index is 11.9. The molecule has 3 heterocycles. The van der Waals surface area contributed by atoms with Crippen molar-refractivity contribution in [1.29, 1.82) is 0 Å². The molecular weight excluding hydrogens is 280 g/mol. The number of H-pyrrole nitrogens is 1. The van der Waals surface area contributed by atoms with Crippen LogP contribution in [0.3, 0.4) is 0 Å². The largest absolute Gasteiger partial charge is 0.466 e. The van der Waals surface area contributed by atoms with Gasteiger partial charge in [0.1, 0.15) is 17.3 Å². The summed E-state index contributed by atoms with van der Waals surface area (Å²) < 4.78 is 5.57. The predicted octanol–water partition coefficient (Wildman–Crippen LogP) is 2.50. The first-order valence-electron chi connectivity index (χ1n) is 7.79. The maximum atomic E-state index is 11.9. The highest BCUT2D eigenvalue weighted by Gasteiger charge is 2.22. The summed E-state index contributed by atoms with van der Waals surface area (Å²) in [6.45, 7) is 6.75. The molecule has 2 aromatic rings. The molecule has 0 saturated heterocycles. The quantitative estimate of drug-likeness (QED) is 0.809. The number of rotatable bonds is 3. The van der Waals surface area contributed by atoms with Crippen LogP contribution in [0.2, 0.25) is 0 Å². The lowest BCUT2D eigenvalue weighted by Gasteiger charge is -2.24. The minimum Gasteiger partial charge on any atom is -0.466 e. The van der Waals surface area contributed by atoms with Crippen LogP contribution in [-0.2, 0) is 12.8 Å². The molecule has 0 amide bonds. The van der Waals surface area contributed by atoms with Gasteiger partial charge in [0, 0.05) is 13.0 Å². The zero-order valence-electron chi connectivity index (χ0n) is 13.4. The van der Waals surface area contributed by atoms with E-state index in [4.69, 9.17) is 10.2 Å². The van der Waals surface area contributed by atoms with Gasteiger partial charge in [0.15, 0.2) is 0 Å². The summed E-state index contributed by atoms with van der Waals surface area (Å²) in [6, 6.07) is 3.98. The molecule has 120 valence electrons. The van der Waals surface area contributed by atoms with E-state index in [1.54, 1.807) is 0 Å². The molecule has 0 radical (unpaired) electrons. The number of nitrogens with one attached hydrogen (secondary N) is 2. The number of hydrogen-bond donors (Lipinski definition) is 3. The fraction of sp³-hybridized carbons (Fsp3) is 0.500. The highest BCUT2D eigenvalue weighted by atomic mass is 16.3. The van der Waals surface area contributed by atoms with Gasteiger partial charge in [-0.05, 0) is 37.8 Å². The molecule has 1 aliphatic heterocycles. The lowest BCUT2D eigenvalue weighted by Crippen LogP contribution is -2.30. The number of nitrogens with zero attached hydrogens (tertiary/aromatic N) is 1. The molecule has 1 atom stereocenters. The minimum absolute atomic E-state index is 0.140. The second-order valence-corrected chi connectivity index (χ2v) is 5.28. The van der Waals surface area contributed by atoms with Gasteiger partial charge in [-0.25, -0.2) is 0 Å². The van der Waals surface area contributed by atoms with Crippen LogP contribution < -0.4 is 16.6 Å². The number of furan rings is 1. The third kappa shape index (κ3) is 3.69. The number of aromatic nitrogens is 2. The number of nitrogen functional groups attached to an aromatic ring is 1. The van der Waals surface area contributed by atoms with Crippen LogP contribution in [0.15, 0.2) is 21.3 Å². The first kappa shape index (κ1) is 16.1. The summed E-state index contributed by atoms with van der Waals surface area (Å²) in [6.07, 6.45) is 2.59. The molecule has 1 aliphatic rings. The summed E-state index contributed by atoms with van der Waals surface area (Å²) in [7, 11) is 0. The molecule has 0 fully saturated rings. The average molecular weight is 304 g/mol. The van der Waals surface area contributed by atoms with Crippen molar-refractivity contribution in [3.63, 3.8) is 0 Å². The zero-order chi connectivity index (χ0) is 16.1. The second-order valence-electron chi connectivity index (χ2n) is 5.28. The van der Waals surface area contributed by atoms with Gasteiger partial charge < -0.3 is 15.5 Å². The first-order chi connectivity index (χ1) is 10.6. The van der Waals surface area contributed by atoms with Crippen molar-refractivity contribution >= 4 is 11.8 Å². The number of aryl methyl sites for hydroxylation is 2. The summed E-state index contributed by atoms with van der Waals surface area (Å²) >= 11 is 0. The molecule has 4 N–H and O–H groups in total. The molecular formula is C16H24N4O2. The SMILES string of the molecule is CC.Cc1ccc(CCC2CNc3nc(N)[nH]c(=O)c3C2)o1. The van der Waals surface area contributed by atoms with Crippen molar-refractivity contribution in [3.05, 3.63) is 39.6 Å². The highest BCUT2D eigenvalue weighted by molar-refractivity contribution is 5.48. The lowest BCUT2D eigenvalue weighted by molar-refractivity contribution is 0.433. The van der Waals surface area contributed by atoms with Crippen molar-refractivity contribution in [2.45, 2.75) is 40.0 Å². The Morgan fingerprint density at radius 1 is 1.41 bits per heavy atom. The number of nitrogens with two attached hydrogens (primary N) is 1. The number of aromatic amines is 1. The minimum atomic E-state index is -0.140.